The lowest BCUT2D eigenvalue weighted by Crippen LogP contribution is -2.53. The molecule has 0 aliphatic carbocycles. The predicted molar refractivity (Wildman–Crippen MR) is 155 cm³/mol. The van der Waals surface area contributed by atoms with E-state index < -0.39 is 24.1 Å². The van der Waals surface area contributed by atoms with Crippen LogP contribution in [0.25, 0.3) is 11.0 Å². The number of aromatic nitrogens is 3. The molecule has 2 amide bonds. The van der Waals surface area contributed by atoms with E-state index in [4.69, 9.17) is 14.2 Å². The molecule has 11 nitrogen and oxygen atoms in total. The molecular formula is C31H35N5O6. The minimum absolute atomic E-state index is 0.0733. The number of nitrogens with zero attached hydrogens (tertiary/aromatic N) is 2. The highest BCUT2D eigenvalue weighted by molar-refractivity contribution is 5.93. The summed E-state index contributed by atoms with van der Waals surface area (Å²) in [6.07, 6.45) is -0.0967. The second kappa shape index (κ2) is 15.3. The number of nitrogens with one attached hydrogen (secondary N) is 3. The number of fused-ring (bicyclic) bond motifs is 1. The van der Waals surface area contributed by atoms with E-state index in [1.165, 1.54) is 0 Å². The van der Waals surface area contributed by atoms with Crippen molar-refractivity contribution in [3.8, 4) is 5.75 Å². The first-order chi connectivity index (χ1) is 20.4. The molecule has 0 fully saturated rings. The van der Waals surface area contributed by atoms with Gasteiger partial charge in [0.1, 0.15) is 30.5 Å². The predicted octanol–water partition coefficient (Wildman–Crippen LogP) is 3.95. The van der Waals surface area contributed by atoms with E-state index in [0.29, 0.717) is 23.2 Å². The van der Waals surface area contributed by atoms with Gasteiger partial charge >= 0.3 is 6.09 Å². The van der Waals surface area contributed by atoms with Gasteiger partial charge in [-0.25, -0.2) is 4.79 Å². The van der Waals surface area contributed by atoms with Crippen LogP contribution in [0, 0.1) is 5.92 Å². The van der Waals surface area contributed by atoms with E-state index >= 15 is 0 Å². The van der Waals surface area contributed by atoms with Crippen molar-refractivity contribution in [3.63, 3.8) is 0 Å². The van der Waals surface area contributed by atoms with Crippen LogP contribution in [0.5, 0.6) is 5.75 Å². The maximum atomic E-state index is 13.4. The normalized spacial score (nSPS) is 12.5. The molecule has 0 saturated carbocycles. The molecular weight excluding hydrogens is 538 g/mol. The molecule has 3 aromatic carbocycles. The SMILES string of the molecule is CC(C)C[C@H](NC(=O)OCc1ccccc1)C(=O)N[C@@H](Cc1ccccc1)C(=O)COCOc1ccc2nn[nH]c2c1. The average molecular weight is 574 g/mol. The molecule has 0 saturated heterocycles. The van der Waals surface area contributed by atoms with Crippen molar-refractivity contribution >= 4 is 28.8 Å². The van der Waals surface area contributed by atoms with E-state index in [1.807, 2.05) is 74.5 Å². The minimum Gasteiger partial charge on any atom is -0.467 e. The maximum absolute atomic E-state index is 13.4. The van der Waals surface area contributed by atoms with Gasteiger partial charge in [-0.15, -0.1) is 5.10 Å². The molecule has 3 N–H and O–H groups in total. The van der Waals surface area contributed by atoms with Crippen molar-refractivity contribution in [1.29, 1.82) is 0 Å². The molecule has 1 heterocycles. The third-order valence-corrected chi connectivity index (χ3v) is 6.37. The molecule has 11 heteroatoms. The number of aromatic amines is 1. The number of hydrogen-bond donors (Lipinski definition) is 3. The van der Waals surface area contributed by atoms with Crippen LogP contribution in [-0.2, 0) is 32.1 Å². The Labute approximate surface area is 243 Å². The fourth-order valence-corrected chi connectivity index (χ4v) is 4.24. The van der Waals surface area contributed by atoms with Gasteiger partial charge in [-0.05, 0) is 42.0 Å². The molecule has 0 unspecified atom stereocenters. The van der Waals surface area contributed by atoms with Crippen LogP contribution in [0.4, 0.5) is 4.79 Å². The third-order valence-electron chi connectivity index (χ3n) is 6.37. The average Bonchev–Trinajstić information content (AvgIpc) is 3.46. The number of ether oxygens (including phenoxy) is 3. The van der Waals surface area contributed by atoms with Gasteiger partial charge in [-0.2, -0.15) is 0 Å². The largest absolute Gasteiger partial charge is 0.467 e. The number of H-pyrrole nitrogens is 1. The quantitative estimate of drug-likeness (QED) is 0.143. The second-order valence-corrected chi connectivity index (χ2v) is 10.2. The van der Waals surface area contributed by atoms with Gasteiger partial charge in [0.25, 0.3) is 0 Å². The van der Waals surface area contributed by atoms with Crippen LogP contribution < -0.4 is 15.4 Å². The van der Waals surface area contributed by atoms with Crippen LogP contribution in [0.2, 0.25) is 0 Å². The summed E-state index contributed by atoms with van der Waals surface area (Å²) in [6.45, 7) is 3.50. The van der Waals surface area contributed by atoms with Crippen molar-refractivity contribution in [3.05, 3.63) is 90.0 Å². The number of carbonyl (C=O) groups excluding carboxylic acids is 3. The fourth-order valence-electron chi connectivity index (χ4n) is 4.24. The summed E-state index contributed by atoms with van der Waals surface area (Å²) < 4.78 is 16.4. The number of hydrogen-bond acceptors (Lipinski definition) is 8. The molecule has 0 radical (unpaired) electrons. The van der Waals surface area contributed by atoms with Crippen molar-refractivity contribution in [2.45, 2.75) is 45.4 Å². The highest BCUT2D eigenvalue weighted by Gasteiger charge is 2.28. The summed E-state index contributed by atoms with van der Waals surface area (Å²) in [4.78, 5) is 39.2. The number of Topliss-reactive ketones (excluding diaryl/α,β-unsaturated/α-hetero) is 1. The standard InChI is InChI=1S/C31H35N5O6/c1-21(2)15-28(33-31(39)41-18-23-11-7-4-8-12-23)30(38)32-27(16-22-9-5-3-6-10-22)29(37)19-40-20-42-24-13-14-25-26(17-24)35-36-34-25/h3-14,17,21,27-28H,15-16,18-20H2,1-2H3,(H,32,38)(H,33,39)(H,34,35,36)/t27-,28-/m0/s1. The van der Waals surface area contributed by atoms with Crippen molar-refractivity contribution in [2.24, 2.45) is 5.92 Å². The Morgan fingerprint density at radius 3 is 2.31 bits per heavy atom. The zero-order valence-electron chi connectivity index (χ0n) is 23.6. The van der Waals surface area contributed by atoms with Crippen LogP contribution in [0.3, 0.4) is 0 Å². The topological polar surface area (TPSA) is 145 Å². The van der Waals surface area contributed by atoms with Gasteiger partial charge in [-0.3, -0.25) is 14.7 Å². The van der Waals surface area contributed by atoms with Crippen molar-refractivity contribution in [2.75, 3.05) is 13.4 Å². The zero-order chi connectivity index (χ0) is 29.7. The van der Waals surface area contributed by atoms with E-state index in [9.17, 15) is 14.4 Å². The van der Waals surface area contributed by atoms with Crippen LogP contribution >= 0.6 is 0 Å². The van der Waals surface area contributed by atoms with Gasteiger partial charge in [0, 0.05) is 6.07 Å². The summed E-state index contributed by atoms with van der Waals surface area (Å²) in [5.41, 5.74) is 3.11. The Morgan fingerprint density at radius 2 is 1.60 bits per heavy atom. The lowest BCUT2D eigenvalue weighted by atomic mass is 10.00. The van der Waals surface area contributed by atoms with Crippen LogP contribution in [0.1, 0.15) is 31.4 Å². The molecule has 1 aromatic heterocycles. The number of rotatable bonds is 15. The molecule has 42 heavy (non-hydrogen) atoms. The molecule has 0 aliphatic rings. The van der Waals surface area contributed by atoms with Gasteiger partial charge in [0.2, 0.25) is 5.91 Å². The number of amides is 2. The maximum Gasteiger partial charge on any atom is 0.408 e. The second-order valence-electron chi connectivity index (χ2n) is 10.2. The van der Waals surface area contributed by atoms with Crippen LogP contribution in [0.15, 0.2) is 78.9 Å². The minimum atomic E-state index is -0.893. The first kappa shape index (κ1) is 30.2. The highest BCUT2D eigenvalue weighted by Crippen LogP contribution is 2.17. The third kappa shape index (κ3) is 9.41. The molecule has 2 atom stereocenters. The van der Waals surface area contributed by atoms with Crippen molar-refractivity contribution in [1.82, 2.24) is 26.0 Å². The van der Waals surface area contributed by atoms with E-state index in [-0.39, 0.29) is 38.1 Å². The van der Waals surface area contributed by atoms with Crippen molar-refractivity contribution < 1.29 is 28.6 Å². The fraction of sp³-hybridized carbons (Fsp3) is 0.323. The van der Waals surface area contributed by atoms with E-state index in [1.54, 1.807) is 18.2 Å². The Bertz CT molecular complexity index is 1440. The van der Waals surface area contributed by atoms with Gasteiger partial charge < -0.3 is 24.8 Å². The highest BCUT2D eigenvalue weighted by atomic mass is 16.7. The molecule has 0 bridgehead atoms. The lowest BCUT2D eigenvalue weighted by Gasteiger charge is -2.24. The summed E-state index contributed by atoms with van der Waals surface area (Å²) in [5.74, 6) is -0.195. The van der Waals surface area contributed by atoms with Gasteiger partial charge in [0.05, 0.1) is 11.6 Å². The zero-order valence-corrected chi connectivity index (χ0v) is 23.6. The Morgan fingerprint density at radius 1 is 0.881 bits per heavy atom. The number of alkyl carbamates (subject to hydrolysis) is 1. The molecule has 220 valence electrons. The number of carbonyl (C=O) groups is 3. The smallest absolute Gasteiger partial charge is 0.408 e. The van der Waals surface area contributed by atoms with E-state index in [2.05, 4.69) is 26.0 Å². The monoisotopic (exact) mass is 573 g/mol. The molecule has 4 rings (SSSR count). The van der Waals surface area contributed by atoms with E-state index in [0.717, 1.165) is 11.1 Å². The first-order valence-corrected chi connectivity index (χ1v) is 13.7. The van der Waals surface area contributed by atoms with Gasteiger partial charge in [0.15, 0.2) is 12.6 Å². The molecule has 0 spiro atoms. The molecule has 0 aliphatic heterocycles. The lowest BCUT2D eigenvalue weighted by molar-refractivity contribution is -0.133. The Balaban J connectivity index is 1.35. The Hall–Kier alpha value is -4.77. The first-order valence-electron chi connectivity index (χ1n) is 13.7. The summed E-state index contributed by atoms with van der Waals surface area (Å²) in [5, 5.41) is 15.9. The number of ketones is 1. The number of benzene rings is 3. The van der Waals surface area contributed by atoms with Gasteiger partial charge in [-0.1, -0.05) is 79.7 Å². The Kier molecular flexibility index (Phi) is 11.0. The molecule has 4 aromatic rings. The summed E-state index contributed by atoms with van der Waals surface area (Å²) >= 11 is 0. The summed E-state index contributed by atoms with van der Waals surface area (Å²) in [7, 11) is 0. The van der Waals surface area contributed by atoms with Crippen LogP contribution in [-0.4, -0.2) is 58.7 Å². The summed E-state index contributed by atoms with van der Waals surface area (Å²) in [6, 6.07) is 22.0.